The van der Waals surface area contributed by atoms with Crippen LogP contribution in [0.2, 0.25) is 0 Å². The highest BCUT2D eigenvalue weighted by Gasteiger charge is 2.09. The van der Waals surface area contributed by atoms with E-state index in [-0.39, 0.29) is 0 Å². The maximum absolute atomic E-state index is 4.37. The Morgan fingerprint density at radius 2 is 1.63 bits per heavy atom. The van der Waals surface area contributed by atoms with E-state index in [4.69, 9.17) is 0 Å². The normalized spacial score (nSPS) is 11.2. The van der Waals surface area contributed by atoms with Crippen LogP contribution < -0.4 is 0 Å². The van der Waals surface area contributed by atoms with Gasteiger partial charge in [0.15, 0.2) is 0 Å². The summed E-state index contributed by atoms with van der Waals surface area (Å²) in [5.74, 6) is 1.50. The lowest BCUT2D eigenvalue weighted by atomic mass is 9.96. The Hall–Kier alpha value is -2.23. The molecule has 0 spiro atoms. The standard InChI is InChI=1S/C15H16N4/c1-9-5-10(2)14(11(3)6-9)13-7-16-15-18-17-12(4)19(15)8-13/h5-8H,1-4H3. The van der Waals surface area contributed by atoms with Crippen molar-refractivity contribution in [3.05, 3.63) is 47.0 Å². The molecule has 19 heavy (non-hydrogen) atoms. The summed E-state index contributed by atoms with van der Waals surface area (Å²) in [6.45, 7) is 8.33. The van der Waals surface area contributed by atoms with Crippen molar-refractivity contribution >= 4 is 5.78 Å². The molecule has 0 atom stereocenters. The fourth-order valence-electron chi connectivity index (χ4n) is 2.66. The van der Waals surface area contributed by atoms with E-state index in [0.29, 0.717) is 5.78 Å². The van der Waals surface area contributed by atoms with Gasteiger partial charge in [0.05, 0.1) is 0 Å². The molecule has 0 radical (unpaired) electrons. The molecule has 3 rings (SSSR count). The Morgan fingerprint density at radius 1 is 0.947 bits per heavy atom. The Labute approximate surface area is 112 Å². The fourth-order valence-corrected chi connectivity index (χ4v) is 2.66. The summed E-state index contributed by atoms with van der Waals surface area (Å²) < 4.78 is 1.92. The highest BCUT2D eigenvalue weighted by Crippen LogP contribution is 2.27. The average Bonchev–Trinajstić information content (AvgIpc) is 2.70. The van der Waals surface area contributed by atoms with Gasteiger partial charge in [-0.25, -0.2) is 4.98 Å². The number of nitrogens with zero attached hydrogens (tertiary/aromatic N) is 4. The van der Waals surface area contributed by atoms with Gasteiger partial charge >= 0.3 is 0 Å². The highest BCUT2D eigenvalue weighted by atomic mass is 15.3. The molecule has 0 N–H and O–H groups in total. The molecule has 1 aromatic carbocycles. The smallest absolute Gasteiger partial charge is 0.254 e. The number of hydrogen-bond acceptors (Lipinski definition) is 3. The third kappa shape index (κ3) is 1.89. The van der Waals surface area contributed by atoms with Crippen molar-refractivity contribution in [2.75, 3.05) is 0 Å². The first-order chi connectivity index (χ1) is 9.06. The molecule has 0 bridgehead atoms. The molecule has 2 aromatic heterocycles. The largest absolute Gasteiger partial charge is 0.270 e. The minimum atomic E-state index is 0.642. The van der Waals surface area contributed by atoms with Crippen LogP contribution in [-0.2, 0) is 0 Å². The minimum Gasteiger partial charge on any atom is -0.270 e. The van der Waals surface area contributed by atoms with Crippen LogP contribution in [0.3, 0.4) is 0 Å². The van der Waals surface area contributed by atoms with Crippen LogP contribution in [0.5, 0.6) is 0 Å². The molecule has 0 amide bonds. The van der Waals surface area contributed by atoms with Crippen molar-refractivity contribution in [3.63, 3.8) is 0 Å². The number of aromatic nitrogens is 4. The summed E-state index contributed by atoms with van der Waals surface area (Å²) in [7, 11) is 0. The van der Waals surface area contributed by atoms with Gasteiger partial charge in [0.1, 0.15) is 5.82 Å². The summed E-state index contributed by atoms with van der Waals surface area (Å²) in [4.78, 5) is 4.37. The monoisotopic (exact) mass is 252 g/mol. The maximum atomic E-state index is 4.37. The van der Waals surface area contributed by atoms with E-state index in [0.717, 1.165) is 11.4 Å². The van der Waals surface area contributed by atoms with E-state index in [1.165, 1.54) is 22.3 Å². The topological polar surface area (TPSA) is 43.1 Å². The second-order valence-electron chi connectivity index (χ2n) is 5.03. The Kier molecular flexibility index (Phi) is 2.59. The quantitative estimate of drug-likeness (QED) is 0.668. The zero-order valence-electron chi connectivity index (χ0n) is 11.6. The van der Waals surface area contributed by atoms with Crippen LogP contribution in [0.4, 0.5) is 0 Å². The molecule has 0 aliphatic rings. The number of fused-ring (bicyclic) bond motifs is 1. The van der Waals surface area contributed by atoms with Crippen LogP contribution in [0.15, 0.2) is 24.5 Å². The Morgan fingerprint density at radius 3 is 2.32 bits per heavy atom. The SMILES string of the molecule is Cc1cc(C)c(-c2cnc3nnc(C)n3c2)c(C)c1. The zero-order chi connectivity index (χ0) is 13.6. The van der Waals surface area contributed by atoms with Gasteiger partial charge in [-0.15, -0.1) is 10.2 Å². The molecule has 0 saturated carbocycles. The first kappa shape index (κ1) is 11.8. The van der Waals surface area contributed by atoms with Crippen LogP contribution in [0, 0.1) is 27.7 Å². The lowest BCUT2D eigenvalue weighted by Crippen LogP contribution is -1.96. The molecule has 0 fully saturated rings. The van der Waals surface area contributed by atoms with Crippen LogP contribution in [0.1, 0.15) is 22.5 Å². The second kappa shape index (κ2) is 4.16. The molecular formula is C15H16N4. The summed E-state index contributed by atoms with van der Waals surface area (Å²) in [5.41, 5.74) is 6.17. The van der Waals surface area contributed by atoms with Gasteiger partial charge in [0.2, 0.25) is 0 Å². The Bertz CT molecular complexity index is 748. The van der Waals surface area contributed by atoms with Gasteiger partial charge in [-0.05, 0) is 44.4 Å². The number of benzene rings is 1. The van der Waals surface area contributed by atoms with Gasteiger partial charge in [-0.1, -0.05) is 17.7 Å². The summed E-state index contributed by atoms with van der Waals surface area (Å²) in [5, 5.41) is 8.05. The highest BCUT2D eigenvalue weighted by molar-refractivity contribution is 5.70. The second-order valence-corrected chi connectivity index (χ2v) is 5.03. The molecule has 0 unspecified atom stereocenters. The molecule has 4 nitrogen and oxygen atoms in total. The van der Waals surface area contributed by atoms with Crippen LogP contribution >= 0.6 is 0 Å². The molecule has 0 saturated heterocycles. The third-order valence-electron chi connectivity index (χ3n) is 3.40. The zero-order valence-corrected chi connectivity index (χ0v) is 11.6. The van der Waals surface area contributed by atoms with Crippen LogP contribution in [-0.4, -0.2) is 19.6 Å². The first-order valence-electron chi connectivity index (χ1n) is 6.32. The van der Waals surface area contributed by atoms with E-state index < -0.39 is 0 Å². The van der Waals surface area contributed by atoms with Gasteiger partial charge in [0.25, 0.3) is 5.78 Å². The van der Waals surface area contributed by atoms with E-state index in [2.05, 4.69) is 54.3 Å². The van der Waals surface area contributed by atoms with Crippen molar-refractivity contribution < 1.29 is 0 Å². The third-order valence-corrected chi connectivity index (χ3v) is 3.40. The van der Waals surface area contributed by atoms with Crippen molar-refractivity contribution in [2.24, 2.45) is 0 Å². The van der Waals surface area contributed by atoms with Crippen molar-refractivity contribution in [1.82, 2.24) is 19.6 Å². The lowest BCUT2D eigenvalue weighted by molar-refractivity contribution is 1.00. The Balaban J connectivity index is 2.27. The van der Waals surface area contributed by atoms with E-state index >= 15 is 0 Å². The average molecular weight is 252 g/mol. The molecular weight excluding hydrogens is 236 g/mol. The van der Waals surface area contributed by atoms with Gasteiger partial charge in [-0.3, -0.25) is 4.40 Å². The van der Waals surface area contributed by atoms with E-state index in [1.807, 2.05) is 17.5 Å². The van der Waals surface area contributed by atoms with Crippen molar-refractivity contribution in [3.8, 4) is 11.1 Å². The van der Waals surface area contributed by atoms with E-state index in [9.17, 15) is 0 Å². The fraction of sp³-hybridized carbons (Fsp3) is 0.267. The molecule has 3 aromatic rings. The minimum absolute atomic E-state index is 0.642. The van der Waals surface area contributed by atoms with Crippen molar-refractivity contribution in [2.45, 2.75) is 27.7 Å². The number of aryl methyl sites for hydroxylation is 4. The van der Waals surface area contributed by atoms with Crippen LogP contribution in [0.25, 0.3) is 16.9 Å². The molecule has 0 aliphatic carbocycles. The van der Waals surface area contributed by atoms with Gasteiger partial charge < -0.3 is 0 Å². The summed E-state index contributed by atoms with van der Waals surface area (Å²) in [6.07, 6.45) is 3.93. The summed E-state index contributed by atoms with van der Waals surface area (Å²) >= 11 is 0. The first-order valence-corrected chi connectivity index (χ1v) is 6.32. The predicted octanol–water partition coefficient (Wildman–Crippen LogP) is 3.02. The predicted molar refractivity (Wildman–Crippen MR) is 75.2 cm³/mol. The lowest BCUT2D eigenvalue weighted by Gasteiger charge is -2.11. The van der Waals surface area contributed by atoms with Gasteiger partial charge in [0, 0.05) is 18.0 Å². The van der Waals surface area contributed by atoms with Gasteiger partial charge in [-0.2, -0.15) is 0 Å². The molecule has 0 aliphatic heterocycles. The number of rotatable bonds is 1. The van der Waals surface area contributed by atoms with E-state index in [1.54, 1.807) is 0 Å². The summed E-state index contributed by atoms with van der Waals surface area (Å²) in [6, 6.07) is 4.40. The maximum Gasteiger partial charge on any atom is 0.254 e. The molecule has 2 heterocycles. The number of hydrogen-bond donors (Lipinski definition) is 0. The van der Waals surface area contributed by atoms with Crippen molar-refractivity contribution in [1.29, 1.82) is 0 Å². The molecule has 4 heteroatoms. The molecule has 96 valence electrons.